The van der Waals surface area contributed by atoms with Gasteiger partial charge in [-0.1, -0.05) is 69.8 Å². The molecule has 0 aromatic carbocycles. The maximum atomic E-state index is 12.1. The van der Waals surface area contributed by atoms with Gasteiger partial charge in [0.25, 0.3) is 0 Å². The molecule has 33 heavy (non-hydrogen) atoms. The van der Waals surface area contributed by atoms with Crippen LogP contribution in [0.15, 0.2) is 24.3 Å². The normalized spacial score (nSPS) is 14.1. The molecule has 192 valence electrons. The molecular formula is C27H49NO5. The van der Waals surface area contributed by atoms with Crippen molar-refractivity contribution in [1.29, 1.82) is 0 Å². The first kappa shape index (κ1) is 31.3. The van der Waals surface area contributed by atoms with Gasteiger partial charge in [0, 0.05) is 12.4 Å². The minimum absolute atomic E-state index is 0.111. The quantitative estimate of drug-likeness (QED) is 0.118. The van der Waals surface area contributed by atoms with Gasteiger partial charge in [-0.05, 0) is 38.5 Å². The Morgan fingerprint density at radius 2 is 1.45 bits per heavy atom. The Morgan fingerprint density at radius 1 is 0.879 bits per heavy atom. The lowest BCUT2D eigenvalue weighted by molar-refractivity contribution is -0.873. The van der Waals surface area contributed by atoms with E-state index >= 15 is 0 Å². The number of nitrogens with zero attached hydrogens (tertiary/aromatic N) is 1. The van der Waals surface area contributed by atoms with Gasteiger partial charge in [-0.2, -0.15) is 0 Å². The Balaban J connectivity index is 3.85. The number of likely N-dealkylation sites (N-methyl/N-ethyl adjacent to an activating group) is 1. The van der Waals surface area contributed by atoms with E-state index in [1.54, 1.807) is 0 Å². The van der Waals surface area contributed by atoms with Gasteiger partial charge in [0.1, 0.15) is 6.54 Å². The fraction of sp³-hybridized carbons (Fsp3) is 0.778. The van der Waals surface area contributed by atoms with E-state index in [0.29, 0.717) is 17.4 Å². The van der Waals surface area contributed by atoms with Crippen LogP contribution in [0.4, 0.5) is 0 Å². The summed E-state index contributed by atoms with van der Waals surface area (Å²) in [6, 6.07) is 0. The molecule has 0 saturated heterocycles. The minimum Gasteiger partial charge on any atom is -0.550 e. The summed E-state index contributed by atoms with van der Waals surface area (Å²) in [5, 5.41) is 21.0. The molecule has 0 amide bonds. The maximum absolute atomic E-state index is 12.1. The molecule has 6 nitrogen and oxygen atoms in total. The van der Waals surface area contributed by atoms with Crippen molar-refractivity contribution in [3.63, 3.8) is 0 Å². The van der Waals surface area contributed by atoms with Crippen molar-refractivity contribution in [2.75, 3.05) is 27.7 Å². The number of esters is 1. The van der Waals surface area contributed by atoms with E-state index in [1.165, 1.54) is 44.9 Å². The summed E-state index contributed by atoms with van der Waals surface area (Å²) in [7, 11) is 5.69. The van der Waals surface area contributed by atoms with Crippen molar-refractivity contribution in [1.82, 2.24) is 0 Å². The third-order valence-corrected chi connectivity index (χ3v) is 5.33. The second-order valence-corrected chi connectivity index (χ2v) is 10.0. The number of carboxylic acids is 1. The molecule has 0 aliphatic carbocycles. The Hall–Kier alpha value is -1.66. The van der Waals surface area contributed by atoms with Crippen LogP contribution in [0.2, 0.25) is 0 Å². The van der Waals surface area contributed by atoms with Crippen LogP contribution < -0.4 is 5.11 Å². The molecule has 6 heteroatoms. The minimum atomic E-state index is -1.25. The van der Waals surface area contributed by atoms with Crippen LogP contribution in [0, 0.1) is 0 Å². The molecule has 0 heterocycles. The lowest BCUT2D eigenvalue weighted by Gasteiger charge is -2.29. The van der Waals surface area contributed by atoms with Gasteiger partial charge < -0.3 is 24.2 Å². The predicted octanol–water partition coefficient (Wildman–Crippen LogP) is 4.31. The van der Waals surface area contributed by atoms with Crippen LogP contribution in [-0.4, -0.2) is 61.4 Å². The van der Waals surface area contributed by atoms with Crippen LogP contribution in [-0.2, 0) is 14.3 Å². The number of allylic oxidation sites excluding steroid dienone is 4. The van der Waals surface area contributed by atoms with Crippen molar-refractivity contribution < 1.29 is 29.0 Å². The predicted molar refractivity (Wildman–Crippen MR) is 132 cm³/mol. The Labute approximate surface area is 202 Å². The highest BCUT2D eigenvalue weighted by atomic mass is 16.5. The second kappa shape index (κ2) is 19.8. The summed E-state index contributed by atoms with van der Waals surface area (Å²) in [6.45, 7) is 2.61. The van der Waals surface area contributed by atoms with Crippen LogP contribution in [0.5, 0.6) is 0 Å². The molecule has 0 radical (unpaired) electrons. The van der Waals surface area contributed by atoms with Gasteiger partial charge in [0.15, 0.2) is 6.10 Å². The monoisotopic (exact) mass is 467 g/mol. The molecule has 0 aromatic heterocycles. The van der Waals surface area contributed by atoms with Gasteiger partial charge in [-0.3, -0.25) is 4.79 Å². The number of aliphatic carboxylic acids is 1. The highest BCUT2D eigenvalue weighted by Gasteiger charge is 2.23. The standard InChI is InChI=1S/C27H49NO5/c1-5-6-7-8-9-10-11-12-13-14-15-16-17-18-19-20-24(29)21-27(32)33-25(22-26(30)31)23-28(2,3)4/h12-13,15-16,24-25,29H,5-11,14,17-23H2,1-4H3/b13-12+,16-15+. The molecule has 2 unspecified atom stereocenters. The number of carbonyl (C=O) groups is 2. The van der Waals surface area contributed by atoms with E-state index in [1.807, 2.05) is 21.1 Å². The topological polar surface area (TPSA) is 86.7 Å². The van der Waals surface area contributed by atoms with Gasteiger partial charge in [0.2, 0.25) is 0 Å². The van der Waals surface area contributed by atoms with Crippen LogP contribution in [0.3, 0.4) is 0 Å². The van der Waals surface area contributed by atoms with E-state index in [0.717, 1.165) is 25.7 Å². The number of rotatable bonds is 21. The Bertz CT molecular complexity index is 565. The third kappa shape index (κ3) is 23.3. The summed E-state index contributed by atoms with van der Waals surface area (Å²) in [5.74, 6) is -1.81. The first-order valence-corrected chi connectivity index (χ1v) is 12.8. The smallest absolute Gasteiger partial charge is 0.308 e. The highest BCUT2D eigenvalue weighted by Crippen LogP contribution is 2.11. The molecular weight excluding hydrogens is 418 g/mol. The Kier molecular flexibility index (Phi) is 18.8. The van der Waals surface area contributed by atoms with Gasteiger partial charge in [-0.25, -0.2) is 0 Å². The van der Waals surface area contributed by atoms with Crippen molar-refractivity contribution in [2.24, 2.45) is 0 Å². The number of aliphatic hydroxyl groups is 1. The number of aliphatic hydroxyl groups excluding tert-OH is 1. The first-order chi connectivity index (χ1) is 15.6. The van der Waals surface area contributed by atoms with Crippen LogP contribution in [0.1, 0.15) is 96.8 Å². The molecule has 0 fully saturated rings. The summed E-state index contributed by atoms with van der Waals surface area (Å²) >= 11 is 0. The number of carboxylic acid groups (broad SMARTS) is 1. The highest BCUT2D eigenvalue weighted by molar-refractivity contribution is 5.71. The van der Waals surface area contributed by atoms with Gasteiger partial charge in [0.05, 0.1) is 33.7 Å². The summed E-state index contributed by atoms with van der Waals surface area (Å²) in [5.41, 5.74) is 0. The summed E-state index contributed by atoms with van der Waals surface area (Å²) in [6.07, 6.45) is 20.3. The van der Waals surface area contributed by atoms with E-state index in [-0.39, 0.29) is 12.8 Å². The van der Waals surface area contributed by atoms with Gasteiger partial charge >= 0.3 is 5.97 Å². The van der Waals surface area contributed by atoms with Crippen molar-refractivity contribution in [3.05, 3.63) is 24.3 Å². The number of hydrogen-bond acceptors (Lipinski definition) is 5. The molecule has 0 aliphatic heterocycles. The van der Waals surface area contributed by atoms with E-state index in [4.69, 9.17) is 4.74 Å². The van der Waals surface area contributed by atoms with Crippen LogP contribution in [0.25, 0.3) is 0 Å². The van der Waals surface area contributed by atoms with Crippen LogP contribution >= 0.6 is 0 Å². The number of carbonyl (C=O) groups excluding carboxylic acids is 2. The number of unbranched alkanes of at least 4 members (excludes halogenated alkanes) is 8. The summed E-state index contributed by atoms with van der Waals surface area (Å²) in [4.78, 5) is 23.0. The molecule has 2 atom stereocenters. The SMILES string of the molecule is CCCCCCCC/C=C/C/C=C/CCCCC(O)CC(=O)OC(CC(=O)[O-])C[N+](C)(C)C. The fourth-order valence-electron chi connectivity index (χ4n) is 3.66. The second-order valence-electron chi connectivity index (χ2n) is 10.0. The van der Waals surface area contributed by atoms with E-state index in [2.05, 4.69) is 31.2 Å². The molecule has 1 N–H and O–H groups in total. The van der Waals surface area contributed by atoms with Crippen molar-refractivity contribution in [3.8, 4) is 0 Å². The fourth-order valence-corrected chi connectivity index (χ4v) is 3.66. The zero-order valence-electron chi connectivity index (χ0n) is 21.6. The van der Waals surface area contributed by atoms with E-state index < -0.39 is 24.1 Å². The average Bonchev–Trinajstić information content (AvgIpc) is 2.68. The summed E-state index contributed by atoms with van der Waals surface area (Å²) < 4.78 is 5.75. The number of hydrogen-bond donors (Lipinski definition) is 1. The largest absolute Gasteiger partial charge is 0.550 e. The van der Waals surface area contributed by atoms with Crippen molar-refractivity contribution in [2.45, 2.75) is 109 Å². The lowest BCUT2D eigenvalue weighted by atomic mass is 10.1. The molecule has 0 aliphatic rings. The van der Waals surface area contributed by atoms with Gasteiger partial charge in [-0.15, -0.1) is 0 Å². The number of quaternary nitrogens is 1. The average molecular weight is 468 g/mol. The molecule has 0 spiro atoms. The number of ether oxygens (including phenoxy) is 1. The molecule has 0 bridgehead atoms. The first-order valence-electron chi connectivity index (χ1n) is 12.8. The molecule has 0 aromatic rings. The van der Waals surface area contributed by atoms with E-state index in [9.17, 15) is 19.8 Å². The zero-order valence-corrected chi connectivity index (χ0v) is 21.6. The maximum Gasteiger partial charge on any atom is 0.308 e. The molecule has 0 rings (SSSR count). The Morgan fingerprint density at radius 3 is 2.03 bits per heavy atom. The lowest BCUT2D eigenvalue weighted by Crippen LogP contribution is -2.45. The van der Waals surface area contributed by atoms with Crippen molar-refractivity contribution >= 4 is 11.9 Å². The zero-order chi connectivity index (χ0) is 25.0. The third-order valence-electron chi connectivity index (χ3n) is 5.33. The molecule has 0 saturated carbocycles.